The van der Waals surface area contributed by atoms with Crippen LogP contribution in [-0.2, 0) is 14.3 Å². The lowest BCUT2D eigenvalue weighted by Gasteiger charge is -2.10. The van der Waals surface area contributed by atoms with Crippen molar-refractivity contribution in [1.29, 1.82) is 0 Å². The smallest absolute Gasteiger partial charge is 0.344 e. The molecule has 2 rings (SSSR count). The molecule has 2 aromatic rings. The van der Waals surface area contributed by atoms with Crippen LogP contribution in [0.5, 0.6) is 5.75 Å². The summed E-state index contributed by atoms with van der Waals surface area (Å²) in [7, 11) is 0. The molecule has 0 bridgehead atoms. The van der Waals surface area contributed by atoms with Crippen LogP contribution in [0.3, 0.4) is 0 Å². The Morgan fingerprint density at radius 2 is 1.64 bits per heavy atom. The molecule has 0 spiro atoms. The Labute approximate surface area is 159 Å². The lowest BCUT2D eigenvalue weighted by molar-refractivity contribution is -0.149. The highest BCUT2D eigenvalue weighted by Gasteiger charge is 2.10. The molecule has 2 aromatic carbocycles. The minimum atomic E-state index is -0.673. The van der Waals surface area contributed by atoms with Gasteiger partial charge in [0.2, 0.25) is 0 Å². The van der Waals surface area contributed by atoms with Crippen LogP contribution >= 0.6 is 34.8 Å². The summed E-state index contributed by atoms with van der Waals surface area (Å²) in [5.74, 6) is -0.678. The SMILES string of the molecule is Cc1cc(Cl)ccc1OCC(=O)OCC(=O)Nc1cc(Cl)cc(Cl)c1. The van der Waals surface area contributed by atoms with Gasteiger partial charge in [0.25, 0.3) is 5.91 Å². The van der Waals surface area contributed by atoms with E-state index in [-0.39, 0.29) is 6.61 Å². The Balaban J connectivity index is 1.78. The van der Waals surface area contributed by atoms with Crippen molar-refractivity contribution in [2.45, 2.75) is 6.92 Å². The number of carbonyl (C=O) groups is 2. The molecule has 25 heavy (non-hydrogen) atoms. The van der Waals surface area contributed by atoms with Gasteiger partial charge in [-0.2, -0.15) is 0 Å². The molecular formula is C17H14Cl3NO4. The molecule has 0 saturated carbocycles. The summed E-state index contributed by atoms with van der Waals surface area (Å²) >= 11 is 17.5. The molecule has 0 fully saturated rings. The van der Waals surface area contributed by atoms with Gasteiger partial charge < -0.3 is 14.8 Å². The molecule has 0 saturated heterocycles. The van der Waals surface area contributed by atoms with Gasteiger partial charge in [0.15, 0.2) is 13.2 Å². The Morgan fingerprint density at radius 1 is 0.960 bits per heavy atom. The van der Waals surface area contributed by atoms with Crippen molar-refractivity contribution in [1.82, 2.24) is 0 Å². The van der Waals surface area contributed by atoms with Crippen LogP contribution in [0.25, 0.3) is 0 Å². The van der Waals surface area contributed by atoms with Crippen LogP contribution in [-0.4, -0.2) is 25.1 Å². The Morgan fingerprint density at radius 3 is 2.28 bits per heavy atom. The van der Waals surface area contributed by atoms with E-state index >= 15 is 0 Å². The monoisotopic (exact) mass is 401 g/mol. The third kappa shape index (κ3) is 6.46. The molecule has 0 heterocycles. The maximum Gasteiger partial charge on any atom is 0.344 e. The van der Waals surface area contributed by atoms with Gasteiger partial charge in [0, 0.05) is 20.8 Å². The van der Waals surface area contributed by atoms with E-state index in [2.05, 4.69) is 5.32 Å². The summed E-state index contributed by atoms with van der Waals surface area (Å²) in [6.07, 6.45) is 0. The first-order chi connectivity index (χ1) is 11.8. The van der Waals surface area contributed by atoms with E-state index in [0.29, 0.717) is 26.5 Å². The third-order valence-corrected chi connectivity index (χ3v) is 3.66. The average Bonchev–Trinajstić information content (AvgIpc) is 2.51. The zero-order valence-corrected chi connectivity index (χ0v) is 15.4. The van der Waals surface area contributed by atoms with E-state index in [1.54, 1.807) is 25.1 Å². The fourth-order valence-corrected chi connectivity index (χ4v) is 2.67. The molecule has 132 valence electrons. The van der Waals surface area contributed by atoms with E-state index < -0.39 is 18.5 Å². The van der Waals surface area contributed by atoms with Crippen LogP contribution in [0.4, 0.5) is 5.69 Å². The number of nitrogens with one attached hydrogen (secondary N) is 1. The van der Waals surface area contributed by atoms with Gasteiger partial charge in [-0.3, -0.25) is 4.79 Å². The van der Waals surface area contributed by atoms with Crippen LogP contribution in [0, 0.1) is 6.92 Å². The molecule has 0 aliphatic rings. The number of carbonyl (C=O) groups excluding carboxylic acids is 2. The van der Waals surface area contributed by atoms with Crippen LogP contribution in [0.1, 0.15) is 5.56 Å². The highest BCUT2D eigenvalue weighted by molar-refractivity contribution is 6.35. The minimum Gasteiger partial charge on any atom is -0.482 e. The van der Waals surface area contributed by atoms with Crippen molar-refractivity contribution in [3.8, 4) is 5.75 Å². The van der Waals surface area contributed by atoms with Crippen molar-refractivity contribution in [2.75, 3.05) is 18.5 Å². The molecule has 0 aliphatic heterocycles. The zero-order valence-electron chi connectivity index (χ0n) is 13.1. The van der Waals surface area contributed by atoms with Crippen LogP contribution < -0.4 is 10.1 Å². The highest BCUT2D eigenvalue weighted by Crippen LogP contribution is 2.23. The Kier molecular flexibility index (Phi) is 6.93. The molecule has 0 aromatic heterocycles. The van der Waals surface area contributed by atoms with Crippen molar-refractivity contribution >= 4 is 52.4 Å². The Bertz CT molecular complexity index is 775. The second-order valence-electron chi connectivity index (χ2n) is 5.07. The van der Waals surface area contributed by atoms with Crippen molar-refractivity contribution < 1.29 is 19.1 Å². The van der Waals surface area contributed by atoms with Gasteiger partial charge in [0.05, 0.1) is 0 Å². The predicted molar refractivity (Wildman–Crippen MR) is 97.7 cm³/mol. The summed E-state index contributed by atoms with van der Waals surface area (Å²) in [6.45, 7) is 1.03. The molecule has 1 amide bonds. The zero-order chi connectivity index (χ0) is 18.4. The molecule has 0 unspecified atom stereocenters. The largest absolute Gasteiger partial charge is 0.482 e. The predicted octanol–water partition coefficient (Wildman–Crippen LogP) is 4.52. The lowest BCUT2D eigenvalue weighted by Crippen LogP contribution is -2.23. The molecule has 0 aliphatic carbocycles. The molecule has 0 atom stereocenters. The number of amides is 1. The number of ether oxygens (including phenoxy) is 2. The fourth-order valence-electron chi connectivity index (χ4n) is 1.92. The molecular weight excluding hydrogens is 389 g/mol. The van der Waals surface area contributed by atoms with Gasteiger partial charge in [0.1, 0.15) is 5.75 Å². The number of hydrogen-bond acceptors (Lipinski definition) is 4. The van der Waals surface area contributed by atoms with Crippen molar-refractivity contribution in [2.24, 2.45) is 0 Å². The van der Waals surface area contributed by atoms with Crippen LogP contribution in [0.15, 0.2) is 36.4 Å². The highest BCUT2D eigenvalue weighted by atomic mass is 35.5. The number of anilines is 1. The normalized spacial score (nSPS) is 10.2. The van der Waals surface area contributed by atoms with E-state index in [0.717, 1.165) is 5.56 Å². The number of aryl methyl sites for hydroxylation is 1. The van der Waals surface area contributed by atoms with E-state index in [9.17, 15) is 9.59 Å². The number of esters is 1. The summed E-state index contributed by atoms with van der Waals surface area (Å²) < 4.78 is 10.2. The first-order valence-electron chi connectivity index (χ1n) is 7.14. The second kappa shape index (κ2) is 8.94. The number of hydrogen-bond donors (Lipinski definition) is 1. The van der Waals surface area contributed by atoms with Gasteiger partial charge in [-0.25, -0.2) is 4.79 Å². The second-order valence-corrected chi connectivity index (χ2v) is 6.37. The van der Waals surface area contributed by atoms with Gasteiger partial charge >= 0.3 is 5.97 Å². The Hall–Kier alpha value is -1.95. The summed E-state index contributed by atoms with van der Waals surface area (Å²) in [5, 5.41) is 3.86. The fraction of sp³-hybridized carbons (Fsp3) is 0.176. The van der Waals surface area contributed by atoms with Crippen molar-refractivity contribution in [3.63, 3.8) is 0 Å². The minimum absolute atomic E-state index is 0.321. The average molecular weight is 403 g/mol. The van der Waals surface area contributed by atoms with Gasteiger partial charge in [-0.1, -0.05) is 34.8 Å². The van der Waals surface area contributed by atoms with Crippen LogP contribution in [0.2, 0.25) is 15.1 Å². The lowest BCUT2D eigenvalue weighted by atomic mass is 10.2. The topological polar surface area (TPSA) is 64.6 Å². The summed E-state index contributed by atoms with van der Waals surface area (Å²) in [4.78, 5) is 23.4. The number of benzene rings is 2. The van der Waals surface area contributed by atoms with Crippen molar-refractivity contribution in [3.05, 3.63) is 57.0 Å². The van der Waals surface area contributed by atoms with E-state index in [1.165, 1.54) is 18.2 Å². The summed E-state index contributed by atoms with van der Waals surface area (Å²) in [5.41, 5.74) is 1.20. The molecule has 5 nitrogen and oxygen atoms in total. The maximum absolute atomic E-state index is 11.8. The maximum atomic E-state index is 11.8. The first kappa shape index (κ1) is 19.4. The van der Waals surface area contributed by atoms with Gasteiger partial charge in [-0.05, 0) is 48.9 Å². The van der Waals surface area contributed by atoms with E-state index in [4.69, 9.17) is 44.3 Å². The molecule has 0 radical (unpaired) electrons. The molecule has 8 heteroatoms. The number of halogens is 3. The quantitative estimate of drug-likeness (QED) is 0.722. The molecule has 1 N–H and O–H groups in total. The summed E-state index contributed by atoms with van der Waals surface area (Å²) in [6, 6.07) is 9.61. The van der Waals surface area contributed by atoms with E-state index in [1.807, 2.05) is 0 Å². The standard InChI is InChI=1S/C17H14Cl3NO4/c1-10-4-11(18)2-3-15(10)24-9-17(23)25-8-16(22)21-14-6-12(19)5-13(20)7-14/h2-7H,8-9H2,1H3,(H,21,22). The third-order valence-electron chi connectivity index (χ3n) is 2.99. The van der Waals surface area contributed by atoms with Gasteiger partial charge in [-0.15, -0.1) is 0 Å². The first-order valence-corrected chi connectivity index (χ1v) is 8.27. The number of rotatable bonds is 6.